The minimum atomic E-state index is -3.99. The third-order valence-corrected chi connectivity index (χ3v) is 7.53. The Morgan fingerprint density at radius 2 is 1.81 bits per heavy atom. The van der Waals surface area contributed by atoms with Gasteiger partial charge in [0.25, 0.3) is 5.69 Å². The van der Waals surface area contributed by atoms with E-state index in [1.165, 1.54) is 30.2 Å². The van der Waals surface area contributed by atoms with Gasteiger partial charge in [-0.1, -0.05) is 31.0 Å². The number of sulfonamides is 1. The van der Waals surface area contributed by atoms with Gasteiger partial charge in [-0.05, 0) is 43.5 Å². The summed E-state index contributed by atoms with van der Waals surface area (Å²) in [4.78, 5) is 38.6. The maximum Gasteiger partial charge on any atom is 0.271 e. The highest BCUT2D eigenvalue weighted by atomic mass is 32.2. The van der Waals surface area contributed by atoms with E-state index in [9.17, 15) is 28.1 Å². The average molecular weight is 533 g/mol. The Morgan fingerprint density at radius 3 is 2.38 bits per heavy atom. The highest BCUT2D eigenvalue weighted by Gasteiger charge is 2.31. The number of hydrogen-bond donors (Lipinski definition) is 1. The number of nitro benzene ring substituents is 1. The van der Waals surface area contributed by atoms with E-state index in [-0.39, 0.29) is 29.9 Å². The van der Waals surface area contributed by atoms with Gasteiger partial charge in [-0.2, -0.15) is 0 Å². The van der Waals surface area contributed by atoms with E-state index < -0.39 is 33.4 Å². The van der Waals surface area contributed by atoms with Crippen LogP contribution in [0.15, 0.2) is 48.5 Å². The number of nitrogens with one attached hydrogen (secondary N) is 1. The first-order chi connectivity index (χ1) is 17.5. The van der Waals surface area contributed by atoms with Crippen LogP contribution in [0.3, 0.4) is 0 Å². The molecule has 1 atom stereocenters. The second kappa shape index (κ2) is 12.0. The van der Waals surface area contributed by atoms with Gasteiger partial charge in [-0.25, -0.2) is 8.42 Å². The number of non-ortho nitro benzene ring substituents is 1. The highest BCUT2D eigenvalue weighted by Crippen LogP contribution is 2.24. The fraction of sp³-hybridized carbons (Fsp3) is 0.440. The lowest BCUT2D eigenvalue weighted by Gasteiger charge is -2.32. The zero-order valence-electron chi connectivity index (χ0n) is 21.1. The molecule has 1 N–H and O–H groups in total. The van der Waals surface area contributed by atoms with Crippen molar-refractivity contribution in [1.29, 1.82) is 0 Å². The first kappa shape index (κ1) is 27.9. The molecule has 1 aliphatic carbocycles. The van der Waals surface area contributed by atoms with Crippen molar-refractivity contribution in [2.24, 2.45) is 0 Å². The van der Waals surface area contributed by atoms with Crippen LogP contribution in [0, 0.1) is 10.1 Å². The molecule has 0 heterocycles. The maximum atomic E-state index is 13.6. The molecule has 1 fully saturated rings. The Morgan fingerprint density at radius 1 is 1.16 bits per heavy atom. The second-order valence-electron chi connectivity index (χ2n) is 9.08. The summed E-state index contributed by atoms with van der Waals surface area (Å²) in [6.07, 6.45) is 4.73. The largest absolute Gasteiger partial charge is 0.497 e. The molecule has 11 nitrogen and oxygen atoms in total. The van der Waals surface area contributed by atoms with Crippen molar-refractivity contribution in [3.8, 4) is 5.75 Å². The molecule has 0 radical (unpaired) electrons. The van der Waals surface area contributed by atoms with Crippen LogP contribution in [0.5, 0.6) is 5.75 Å². The van der Waals surface area contributed by atoms with E-state index in [2.05, 4.69) is 5.32 Å². The number of methoxy groups -OCH3 is 1. The zero-order chi connectivity index (χ0) is 27.2. The molecule has 0 aromatic heterocycles. The van der Waals surface area contributed by atoms with Crippen molar-refractivity contribution in [3.63, 3.8) is 0 Å². The number of rotatable bonds is 11. The van der Waals surface area contributed by atoms with Gasteiger partial charge in [0, 0.05) is 24.7 Å². The first-order valence-electron chi connectivity index (χ1n) is 11.9. The molecular formula is C25H32N4O7S. The van der Waals surface area contributed by atoms with E-state index in [4.69, 9.17) is 4.74 Å². The van der Waals surface area contributed by atoms with Gasteiger partial charge in [0.05, 0.1) is 24.0 Å². The van der Waals surface area contributed by atoms with Gasteiger partial charge >= 0.3 is 0 Å². The van der Waals surface area contributed by atoms with Gasteiger partial charge < -0.3 is 15.0 Å². The smallest absolute Gasteiger partial charge is 0.271 e. The SMILES string of the molecule is COc1ccc(CN(C(=O)CN(c2cccc([N+](=O)[O-])c2)S(C)(=O)=O)[C@@H](C)C(=O)NC2CCCC2)cc1. The lowest BCUT2D eigenvalue weighted by Crippen LogP contribution is -2.52. The molecular weight excluding hydrogens is 500 g/mol. The van der Waals surface area contributed by atoms with E-state index in [0.717, 1.165) is 47.9 Å². The van der Waals surface area contributed by atoms with Crippen LogP contribution in [0.4, 0.5) is 11.4 Å². The Labute approximate surface area is 216 Å². The van der Waals surface area contributed by atoms with Crippen LogP contribution in [0.2, 0.25) is 0 Å². The monoisotopic (exact) mass is 532 g/mol. The number of carbonyl (C=O) groups excluding carboxylic acids is 2. The summed E-state index contributed by atoms with van der Waals surface area (Å²) >= 11 is 0. The van der Waals surface area contributed by atoms with Crippen molar-refractivity contribution >= 4 is 33.2 Å². The first-order valence-corrected chi connectivity index (χ1v) is 13.8. The van der Waals surface area contributed by atoms with E-state index in [1.807, 2.05) is 0 Å². The molecule has 37 heavy (non-hydrogen) atoms. The number of carbonyl (C=O) groups is 2. The molecule has 0 spiro atoms. The molecule has 200 valence electrons. The van der Waals surface area contributed by atoms with Crippen molar-refractivity contribution < 1.29 is 27.7 Å². The molecule has 2 aromatic rings. The number of ether oxygens (including phenoxy) is 1. The molecule has 2 aromatic carbocycles. The number of anilines is 1. The van der Waals surface area contributed by atoms with Crippen LogP contribution in [0.25, 0.3) is 0 Å². The number of nitro groups is 1. The lowest BCUT2D eigenvalue weighted by atomic mass is 10.1. The van der Waals surface area contributed by atoms with Crippen LogP contribution in [0.1, 0.15) is 38.2 Å². The third-order valence-electron chi connectivity index (χ3n) is 6.39. The molecule has 1 saturated carbocycles. The summed E-state index contributed by atoms with van der Waals surface area (Å²) in [5, 5.41) is 14.2. The zero-order valence-corrected chi connectivity index (χ0v) is 21.9. The number of hydrogen-bond acceptors (Lipinski definition) is 7. The number of benzene rings is 2. The second-order valence-corrected chi connectivity index (χ2v) is 11.0. The van der Waals surface area contributed by atoms with E-state index in [1.54, 1.807) is 31.2 Å². The predicted octanol–water partition coefficient (Wildman–Crippen LogP) is 2.85. The van der Waals surface area contributed by atoms with Crippen molar-refractivity contribution in [2.75, 3.05) is 24.2 Å². The lowest BCUT2D eigenvalue weighted by molar-refractivity contribution is -0.384. The van der Waals surface area contributed by atoms with Crippen LogP contribution in [-0.2, 0) is 26.2 Å². The van der Waals surface area contributed by atoms with Crippen molar-refractivity contribution in [3.05, 3.63) is 64.2 Å². The average Bonchev–Trinajstić information content (AvgIpc) is 3.38. The van der Waals surface area contributed by atoms with Crippen LogP contribution in [-0.4, -0.2) is 62.0 Å². The summed E-state index contributed by atoms with van der Waals surface area (Å²) in [6.45, 7) is 1.02. The summed E-state index contributed by atoms with van der Waals surface area (Å²) < 4.78 is 31.2. The Balaban J connectivity index is 1.90. The Kier molecular flexibility index (Phi) is 9.09. The molecule has 12 heteroatoms. The Bertz CT molecular complexity index is 1230. The van der Waals surface area contributed by atoms with Gasteiger partial charge in [-0.15, -0.1) is 0 Å². The normalized spacial score (nSPS) is 14.6. The van der Waals surface area contributed by atoms with Gasteiger partial charge in [0.1, 0.15) is 18.3 Å². The maximum absolute atomic E-state index is 13.6. The standard InChI is InChI=1S/C25H32N4O7S/c1-18(25(31)26-20-7-4-5-8-20)27(16-19-11-13-23(36-2)14-12-19)24(30)17-28(37(3,34)35)21-9-6-10-22(15-21)29(32)33/h6,9-15,18,20H,4-5,7-8,16-17H2,1-3H3,(H,26,31)/t18-/m0/s1. The van der Waals surface area contributed by atoms with Crippen molar-refractivity contribution in [1.82, 2.24) is 10.2 Å². The minimum Gasteiger partial charge on any atom is -0.497 e. The predicted molar refractivity (Wildman–Crippen MR) is 139 cm³/mol. The molecule has 1 aliphatic rings. The fourth-order valence-corrected chi connectivity index (χ4v) is 5.12. The minimum absolute atomic E-state index is 0.0162. The fourth-order valence-electron chi connectivity index (χ4n) is 4.28. The number of nitrogens with zero attached hydrogens (tertiary/aromatic N) is 3. The molecule has 0 unspecified atom stereocenters. The topological polar surface area (TPSA) is 139 Å². The van der Waals surface area contributed by atoms with Crippen LogP contribution >= 0.6 is 0 Å². The molecule has 3 rings (SSSR count). The molecule has 0 bridgehead atoms. The quantitative estimate of drug-likeness (QED) is 0.347. The summed E-state index contributed by atoms with van der Waals surface area (Å²) in [7, 11) is -2.45. The summed E-state index contributed by atoms with van der Waals surface area (Å²) in [6, 6.07) is 11.2. The summed E-state index contributed by atoms with van der Waals surface area (Å²) in [5.41, 5.74) is 0.395. The number of amides is 2. The van der Waals surface area contributed by atoms with Crippen molar-refractivity contribution in [2.45, 2.75) is 51.2 Å². The van der Waals surface area contributed by atoms with E-state index >= 15 is 0 Å². The van der Waals surface area contributed by atoms with Gasteiger partial charge in [-0.3, -0.25) is 24.0 Å². The van der Waals surface area contributed by atoms with Crippen LogP contribution < -0.4 is 14.4 Å². The summed E-state index contributed by atoms with van der Waals surface area (Å²) in [5.74, 6) is -0.320. The third kappa shape index (κ3) is 7.42. The van der Waals surface area contributed by atoms with E-state index in [0.29, 0.717) is 5.75 Å². The molecule has 2 amide bonds. The molecule has 0 saturated heterocycles. The highest BCUT2D eigenvalue weighted by molar-refractivity contribution is 7.92. The van der Waals surface area contributed by atoms with Gasteiger partial charge in [0.2, 0.25) is 21.8 Å². The van der Waals surface area contributed by atoms with Gasteiger partial charge in [0.15, 0.2) is 0 Å². The Hall–Kier alpha value is -3.67. The molecule has 0 aliphatic heterocycles.